The normalized spacial score (nSPS) is 14.1. The predicted molar refractivity (Wildman–Crippen MR) is 137 cm³/mol. The lowest BCUT2D eigenvalue weighted by Crippen LogP contribution is -2.38. The highest BCUT2D eigenvalue weighted by molar-refractivity contribution is 5.88. The average molecular weight is 464 g/mol. The molecule has 3 aromatic carbocycles. The van der Waals surface area contributed by atoms with E-state index >= 15 is 0 Å². The van der Waals surface area contributed by atoms with Gasteiger partial charge < -0.3 is 14.2 Å². The van der Waals surface area contributed by atoms with Crippen molar-refractivity contribution >= 4 is 5.91 Å². The first-order valence-electron chi connectivity index (χ1n) is 11.9. The fourth-order valence-electron chi connectivity index (χ4n) is 5.05. The van der Waals surface area contributed by atoms with Crippen LogP contribution in [0.15, 0.2) is 109 Å². The lowest BCUT2D eigenvalue weighted by Gasteiger charge is -2.38. The highest BCUT2D eigenvalue weighted by atomic mass is 16.5. The molecule has 2 heterocycles. The summed E-state index contributed by atoms with van der Waals surface area (Å²) in [5, 5.41) is 0. The second-order valence-electron chi connectivity index (χ2n) is 8.78. The van der Waals surface area contributed by atoms with Crippen LogP contribution in [0.25, 0.3) is 0 Å². The van der Waals surface area contributed by atoms with Gasteiger partial charge in [0.2, 0.25) is 5.91 Å². The van der Waals surface area contributed by atoms with Crippen molar-refractivity contribution in [3.63, 3.8) is 0 Å². The zero-order valence-electron chi connectivity index (χ0n) is 20.1. The quantitative estimate of drug-likeness (QED) is 0.350. The number of rotatable bonds is 7. The van der Waals surface area contributed by atoms with E-state index in [0.29, 0.717) is 19.5 Å². The summed E-state index contributed by atoms with van der Waals surface area (Å²) in [6.07, 6.45) is 4.21. The van der Waals surface area contributed by atoms with Crippen LogP contribution >= 0.6 is 0 Å². The first kappa shape index (κ1) is 22.7. The van der Waals surface area contributed by atoms with Crippen LogP contribution in [0.3, 0.4) is 0 Å². The number of benzene rings is 3. The summed E-state index contributed by atoms with van der Waals surface area (Å²) in [6.45, 7) is 3.17. The molecule has 5 rings (SSSR count). The number of hydrogen-bond donors (Lipinski definition) is 0. The van der Waals surface area contributed by atoms with Crippen molar-refractivity contribution in [2.75, 3.05) is 13.7 Å². The molecule has 35 heavy (non-hydrogen) atoms. The number of amides is 1. The van der Waals surface area contributed by atoms with Gasteiger partial charge in [-0.25, -0.2) is 4.98 Å². The fourth-order valence-corrected chi connectivity index (χ4v) is 5.05. The Bertz CT molecular complexity index is 1230. The van der Waals surface area contributed by atoms with Gasteiger partial charge in [0.15, 0.2) is 0 Å². The van der Waals surface area contributed by atoms with E-state index < -0.39 is 5.54 Å². The molecule has 4 aromatic rings. The van der Waals surface area contributed by atoms with E-state index in [1.807, 2.05) is 29.4 Å². The number of aromatic nitrogens is 2. The Morgan fingerprint density at radius 2 is 1.37 bits per heavy atom. The summed E-state index contributed by atoms with van der Waals surface area (Å²) in [4.78, 5) is 19.4. The van der Waals surface area contributed by atoms with E-state index in [-0.39, 0.29) is 5.91 Å². The maximum atomic E-state index is 12.7. The number of methoxy groups -OCH3 is 1. The number of carbonyl (C=O) groups is 1. The van der Waals surface area contributed by atoms with E-state index in [9.17, 15) is 4.79 Å². The summed E-state index contributed by atoms with van der Waals surface area (Å²) in [5.41, 5.74) is 4.73. The summed E-state index contributed by atoms with van der Waals surface area (Å²) in [7, 11) is 1.61. The van der Waals surface area contributed by atoms with E-state index in [1.165, 1.54) is 0 Å². The zero-order valence-corrected chi connectivity index (χ0v) is 20.1. The molecule has 5 heteroatoms. The Morgan fingerprint density at radius 1 is 0.857 bits per heavy atom. The van der Waals surface area contributed by atoms with Gasteiger partial charge in [0.25, 0.3) is 0 Å². The van der Waals surface area contributed by atoms with E-state index in [1.54, 1.807) is 13.2 Å². The van der Waals surface area contributed by atoms with Crippen LogP contribution < -0.4 is 0 Å². The molecule has 1 aliphatic rings. The Morgan fingerprint density at radius 3 is 1.83 bits per heavy atom. The Balaban J connectivity index is 1.67. The van der Waals surface area contributed by atoms with Crippen molar-refractivity contribution < 1.29 is 9.53 Å². The third kappa shape index (κ3) is 4.03. The molecule has 0 bridgehead atoms. The van der Waals surface area contributed by atoms with Crippen molar-refractivity contribution in [1.29, 1.82) is 0 Å². The van der Waals surface area contributed by atoms with Crippen molar-refractivity contribution in [2.45, 2.75) is 25.4 Å². The molecule has 0 aliphatic carbocycles. The number of ether oxygens (including phenoxy) is 1. The maximum Gasteiger partial charge on any atom is 0.250 e. The largest absolute Gasteiger partial charge is 0.501 e. The lowest BCUT2D eigenvalue weighted by atomic mass is 9.76. The lowest BCUT2D eigenvalue weighted by molar-refractivity contribution is -0.127. The average Bonchev–Trinajstić information content (AvgIpc) is 3.27. The van der Waals surface area contributed by atoms with Crippen molar-refractivity contribution in [3.05, 3.63) is 137 Å². The van der Waals surface area contributed by atoms with Crippen LogP contribution in [0, 0.1) is 6.92 Å². The summed E-state index contributed by atoms with van der Waals surface area (Å²) >= 11 is 0. The highest BCUT2D eigenvalue weighted by Gasteiger charge is 2.39. The zero-order chi connectivity index (χ0) is 24.3. The molecule has 0 radical (unpaired) electrons. The molecule has 0 fully saturated rings. The van der Waals surface area contributed by atoms with Gasteiger partial charge in [-0.15, -0.1) is 0 Å². The van der Waals surface area contributed by atoms with E-state index in [0.717, 1.165) is 33.8 Å². The molecule has 1 aliphatic heterocycles. The molecular weight excluding hydrogens is 434 g/mol. The predicted octanol–water partition coefficient (Wildman–Crippen LogP) is 5.29. The van der Waals surface area contributed by atoms with Crippen LogP contribution in [0.5, 0.6) is 0 Å². The molecule has 5 nitrogen and oxygen atoms in total. The Kier molecular flexibility index (Phi) is 6.23. The van der Waals surface area contributed by atoms with Gasteiger partial charge in [0, 0.05) is 24.7 Å². The molecule has 0 saturated heterocycles. The van der Waals surface area contributed by atoms with Gasteiger partial charge >= 0.3 is 0 Å². The summed E-state index contributed by atoms with van der Waals surface area (Å²) < 4.78 is 7.53. The molecule has 0 saturated carbocycles. The van der Waals surface area contributed by atoms with Crippen LogP contribution in [-0.4, -0.2) is 34.0 Å². The van der Waals surface area contributed by atoms with Gasteiger partial charge in [0.1, 0.15) is 11.3 Å². The standard InChI is InChI=1S/C30H29N3O2/c1-23-28(21-32-19-18-27(35-2)20-29(32)34)31-22-33(23)30(24-12-6-3-7-13-24,25-14-8-4-9-15-25)26-16-10-5-11-17-26/h3-17,20,22H,18-19,21H2,1-2H3. The number of nitrogens with zero attached hydrogens (tertiary/aromatic N) is 3. The second kappa shape index (κ2) is 9.63. The molecular formula is C30H29N3O2. The second-order valence-corrected chi connectivity index (χ2v) is 8.78. The van der Waals surface area contributed by atoms with Crippen LogP contribution in [0.4, 0.5) is 0 Å². The molecule has 176 valence electrons. The molecule has 0 N–H and O–H groups in total. The summed E-state index contributed by atoms with van der Waals surface area (Å²) in [6, 6.07) is 31.6. The van der Waals surface area contributed by atoms with Gasteiger partial charge in [-0.2, -0.15) is 0 Å². The Hall–Kier alpha value is -4.12. The first-order chi connectivity index (χ1) is 17.1. The van der Waals surface area contributed by atoms with E-state index in [2.05, 4.69) is 84.3 Å². The molecule has 0 atom stereocenters. The number of carbonyl (C=O) groups excluding carboxylic acids is 1. The third-order valence-electron chi connectivity index (χ3n) is 6.87. The molecule has 0 unspecified atom stereocenters. The van der Waals surface area contributed by atoms with E-state index in [4.69, 9.17) is 9.72 Å². The van der Waals surface area contributed by atoms with Gasteiger partial charge in [-0.05, 0) is 23.6 Å². The Labute approximate surface area is 206 Å². The smallest absolute Gasteiger partial charge is 0.250 e. The monoisotopic (exact) mass is 463 g/mol. The number of imidazole rings is 1. The summed E-state index contributed by atoms with van der Waals surface area (Å²) in [5.74, 6) is 0.687. The minimum absolute atomic E-state index is 0.0394. The highest BCUT2D eigenvalue weighted by Crippen LogP contribution is 2.42. The molecule has 0 spiro atoms. The minimum atomic E-state index is -0.617. The SMILES string of the molecule is COC1=CC(=O)N(Cc2ncn(C(c3ccccc3)(c3ccccc3)c3ccccc3)c2C)CC1. The third-order valence-corrected chi connectivity index (χ3v) is 6.87. The van der Waals surface area contributed by atoms with Crippen LogP contribution in [0.2, 0.25) is 0 Å². The van der Waals surface area contributed by atoms with Gasteiger partial charge in [0.05, 0.1) is 25.7 Å². The van der Waals surface area contributed by atoms with Crippen molar-refractivity contribution in [1.82, 2.24) is 14.5 Å². The minimum Gasteiger partial charge on any atom is -0.501 e. The van der Waals surface area contributed by atoms with Crippen LogP contribution in [0.1, 0.15) is 34.5 Å². The van der Waals surface area contributed by atoms with Crippen molar-refractivity contribution in [2.24, 2.45) is 0 Å². The first-order valence-corrected chi connectivity index (χ1v) is 11.9. The topological polar surface area (TPSA) is 47.4 Å². The van der Waals surface area contributed by atoms with Gasteiger partial charge in [-0.3, -0.25) is 4.79 Å². The maximum absolute atomic E-state index is 12.7. The fraction of sp³-hybridized carbons (Fsp3) is 0.200. The molecule has 1 aromatic heterocycles. The molecule has 1 amide bonds. The van der Waals surface area contributed by atoms with Crippen LogP contribution in [-0.2, 0) is 21.6 Å². The number of hydrogen-bond acceptors (Lipinski definition) is 3. The van der Waals surface area contributed by atoms with Gasteiger partial charge in [-0.1, -0.05) is 91.0 Å². The van der Waals surface area contributed by atoms with Crippen molar-refractivity contribution in [3.8, 4) is 0 Å².